The number of carbonyl (C=O) groups is 2. The maximum atomic E-state index is 12.5. The van der Waals surface area contributed by atoms with E-state index in [1.807, 2.05) is 27.7 Å². The van der Waals surface area contributed by atoms with E-state index in [0.717, 1.165) is 12.8 Å². The molecule has 128 valence electrons. The zero-order valence-corrected chi connectivity index (χ0v) is 14.3. The highest BCUT2D eigenvalue weighted by molar-refractivity contribution is 5.88. The molecule has 1 aliphatic heterocycles. The summed E-state index contributed by atoms with van der Waals surface area (Å²) < 4.78 is 11.9. The first-order valence-electron chi connectivity index (χ1n) is 7.79. The smallest absolute Gasteiger partial charge is 0.410 e. The van der Waals surface area contributed by atoms with E-state index < -0.39 is 11.6 Å². The highest BCUT2D eigenvalue weighted by Gasteiger charge is 2.38. The Morgan fingerprint density at radius 3 is 2.61 bits per heavy atom. The van der Waals surface area contributed by atoms with Gasteiger partial charge >= 0.3 is 12.1 Å². The van der Waals surface area contributed by atoms with Crippen molar-refractivity contribution < 1.29 is 19.1 Å². The van der Waals surface area contributed by atoms with E-state index in [9.17, 15) is 9.59 Å². The van der Waals surface area contributed by atoms with Gasteiger partial charge in [-0.2, -0.15) is 0 Å². The van der Waals surface area contributed by atoms with E-state index in [2.05, 4.69) is 10.3 Å². The summed E-state index contributed by atoms with van der Waals surface area (Å²) in [5, 5.41) is 7.93. The van der Waals surface area contributed by atoms with Crippen molar-refractivity contribution in [3.63, 3.8) is 0 Å². The number of amides is 1. The quantitative estimate of drug-likeness (QED) is 0.792. The number of carbonyl (C=O) groups excluding carboxylic acids is 2. The summed E-state index contributed by atoms with van der Waals surface area (Å²) in [6.45, 7) is 8.52. The predicted octanol–water partition coefficient (Wildman–Crippen LogP) is 2.16. The zero-order chi connectivity index (χ0) is 17.2. The van der Waals surface area contributed by atoms with E-state index in [-0.39, 0.29) is 17.8 Å². The largest absolute Gasteiger partial charge is 0.464 e. The van der Waals surface area contributed by atoms with Crippen molar-refractivity contribution in [2.45, 2.75) is 58.7 Å². The summed E-state index contributed by atoms with van der Waals surface area (Å²) >= 11 is 0. The van der Waals surface area contributed by atoms with E-state index in [0.29, 0.717) is 18.8 Å². The molecule has 0 bridgehead atoms. The molecule has 1 fully saturated rings. The molecule has 8 nitrogen and oxygen atoms in total. The second kappa shape index (κ2) is 6.55. The minimum Gasteiger partial charge on any atom is -0.464 e. The molecule has 0 N–H and O–H groups in total. The van der Waals surface area contributed by atoms with Gasteiger partial charge in [0.2, 0.25) is 0 Å². The van der Waals surface area contributed by atoms with Crippen LogP contribution in [-0.4, -0.2) is 51.2 Å². The molecular formula is C15H24N4O4. The molecular weight excluding hydrogens is 300 g/mol. The van der Waals surface area contributed by atoms with E-state index in [4.69, 9.17) is 9.47 Å². The number of likely N-dealkylation sites (tertiary alicyclic amines) is 1. The standard InChI is InChI=1S/C15H24N4O4/c1-6-19-12(11(16-17-19)13(20)22-5)10-8-7-9-18(10)14(21)23-15(2,3)4/h10H,6-9H2,1-5H3. The van der Waals surface area contributed by atoms with Crippen LogP contribution in [0.25, 0.3) is 0 Å². The van der Waals surface area contributed by atoms with Gasteiger partial charge in [-0.25, -0.2) is 14.3 Å². The Labute approximate surface area is 135 Å². The van der Waals surface area contributed by atoms with Crippen LogP contribution < -0.4 is 0 Å². The van der Waals surface area contributed by atoms with Gasteiger partial charge in [0.25, 0.3) is 0 Å². The predicted molar refractivity (Wildman–Crippen MR) is 82.0 cm³/mol. The van der Waals surface area contributed by atoms with Crippen LogP contribution in [0.5, 0.6) is 0 Å². The second-order valence-corrected chi connectivity index (χ2v) is 6.46. The highest BCUT2D eigenvalue weighted by atomic mass is 16.6. The Balaban J connectivity index is 2.34. The third-order valence-corrected chi connectivity index (χ3v) is 3.65. The molecule has 1 aromatic rings. The van der Waals surface area contributed by atoms with Crippen molar-refractivity contribution in [3.8, 4) is 0 Å². The van der Waals surface area contributed by atoms with E-state index in [1.165, 1.54) is 7.11 Å². The normalized spacial score (nSPS) is 18.1. The lowest BCUT2D eigenvalue weighted by molar-refractivity contribution is 0.0215. The highest BCUT2D eigenvalue weighted by Crippen LogP contribution is 2.34. The molecule has 1 atom stereocenters. The summed E-state index contributed by atoms with van der Waals surface area (Å²) in [6.07, 6.45) is 1.18. The molecule has 1 aliphatic rings. The van der Waals surface area contributed by atoms with Crippen molar-refractivity contribution in [1.82, 2.24) is 19.9 Å². The molecule has 2 rings (SSSR count). The number of methoxy groups -OCH3 is 1. The minimum absolute atomic E-state index is 0.162. The minimum atomic E-state index is -0.571. The van der Waals surface area contributed by atoms with Gasteiger partial charge in [-0.15, -0.1) is 5.10 Å². The van der Waals surface area contributed by atoms with Gasteiger partial charge < -0.3 is 9.47 Å². The Kier molecular flexibility index (Phi) is 4.91. The van der Waals surface area contributed by atoms with Crippen LogP contribution in [0, 0.1) is 0 Å². The monoisotopic (exact) mass is 324 g/mol. The van der Waals surface area contributed by atoms with Gasteiger partial charge in [0.15, 0.2) is 5.69 Å². The number of hydrogen-bond acceptors (Lipinski definition) is 6. The van der Waals surface area contributed by atoms with Crippen LogP contribution in [0.15, 0.2) is 0 Å². The van der Waals surface area contributed by atoms with Gasteiger partial charge in [-0.1, -0.05) is 5.21 Å². The maximum absolute atomic E-state index is 12.5. The Hall–Kier alpha value is -2.12. The Morgan fingerprint density at radius 2 is 2.04 bits per heavy atom. The molecule has 2 heterocycles. The molecule has 0 saturated carbocycles. The second-order valence-electron chi connectivity index (χ2n) is 6.46. The van der Waals surface area contributed by atoms with Gasteiger partial charge in [0.1, 0.15) is 5.60 Å². The molecule has 1 amide bonds. The summed E-state index contributed by atoms with van der Waals surface area (Å²) in [7, 11) is 1.30. The van der Waals surface area contributed by atoms with E-state index >= 15 is 0 Å². The van der Waals surface area contributed by atoms with Crippen LogP contribution >= 0.6 is 0 Å². The summed E-state index contributed by atoms with van der Waals surface area (Å²) in [5.74, 6) is -0.546. The van der Waals surface area contributed by atoms with Crippen LogP contribution in [0.1, 0.15) is 62.8 Å². The lowest BCUT2D eigenvalue weighted by atomic mass is 10.1. The number of aryl methyl sites for hydroxylation is 1. The average Bonchev–Trinajstić information content (AvgIpc) is 3.09. The molecule has 0 aliphatic carbocycles. The number of nitrogens with zero attached hydrogens (tertiary/aromatic N) is 4. The first-order chi connectivity index (χ1) is 10.8. The lowest BCUT2D eigenvalue weighted by Gasteiger charge is -2.28. The van der Waals surface area contributed by atoms with Gasteiger partial charge in [0, 0.05) is 13.1 Å². The number of hydrogen-bond donors (Lipinski definition) is 0. The third-order valence-electron chi connectivity index (χ3n) is 3.65. The van der Waals surface area contributed by atoms with Crippen LogP contribution in [0.2, 0.25) is 0 Å². The number of ether oxygens (including phenoxy) is 2. The molecule has 23 heavy (non-hydrogen) atoms. The molecule has 0 spiro atoms. The van der Waals surface area contributed by atoms with Gasteiger partial charge in [0.05, 0.1) is 18.8 Å². The lowest BCUT2D eigenvalue weighted by Crippen LogP contribution is -2.37. The van der Waals surface area contributed by atoms with Crippen molar-refractivity contribution in [3.05, 3.63) is 11.4 Å². The number of rotatable bonds is 3. The van der Waals surface area contributed by atoms with Crippen molar-refractivity contribution in [2.75, 3.05) is 13.7 Å². The summed E-state index contributed by atoms with van der Waals surface area (Å²) in [5.41, 5.74) is 0.205. The first kappa shape index (κ1) is 17.2. The van der Waals surface area contributed by atoms with Crippen molar-refractivity contribution >= 4 is 12.1 Å². The molecule has 0 aromatic carbocycles. The number of aromatic nitrogens is 3. The zero-order valence-electron chi connectivity index (χ0n) is 14.3. The fourth-order valence-corrected chi connectivity index (χ4v) is 2.72. The summed E-state index contributed by atoms with van der Waals surface area (Å²) in [4.78, 5) is 26.0. The number of esters is 1. The van der Waals surface area contributed by atoms with Gasteiger partial charge in [-0.05, 0) is 40.5 Å². The maximum Gasteiger partial charge on any atom is 0.410 e. The molecule has 1 saturated heterocycles. The fourth-order valence-electron chi connectivity index (χ4n) is 2.72. The topological polar surface area (TPSA) is 86.6 Å². The first-order valence-corrected chi connectivity index (χ1v) is 7.79. The SMILES string of the molecule is CCn1nnc(C(=O)OC)c1C1CCCN1C(=O)OC(C)(C)C. The average molecular weight is 324 g/mol. The van der Waals surface area contributed by atoms with E-state index in [1.54, 1.807) is 9.58 Å². The van der Waals surface area contributed by atoms with Gasteiger partial charge in [-0.3, -0.25) is 4.90 Å². The van der Waals surface area contributed by atoms with Crippen LogP contribution in [-0.2, 0) is 16.0 Å². The molecule has 1 aromatic heterocycles. The Bertz CT molecular complexity index is 591. The van der Waals surface area contributed by atoms with Crippen LogP contribution in [0.3, 0.4) is 0 Å². The van der Waals surface area contributed by atoms with Crippen molar-refractivity contribution in [2.24, 2.45) is 0 Å². The fraction of sp³-hybridized carbons (Fsp3) is 0.733. The molecule has 8 heteroatoms. The van der Waals surface area contributed by atoms with Crippen molar-refractivity contribution in [1.29, 1.82) is 0 Å². The third kappa shape index (κ3) is 3.62. The van der Waals surface area contributed by atoms with Crippen LogP contribution in [0.4, 0.5) is 4.79 Å². The molecule has 0 radical (unpaired) electrons. The Morgan fingerprint density at radius 1 is 1.35 bits per heavy atom. The summed E-state index contributed by atoms with van der Waals surface area (Å²) in [6, 6.07) is -0.283. The molecule has 1 unspecified atom stereocenters.